The average molecular weight is 488 g/mol. The molecule has 0 saturated heterocycles. The van der Waals surface area contributed by atoms with Gasteiger partial charge < -0.3 is 19.0 Å². The summed E-state index contributed by atoms with van der Waals surface area (Å²) in [7, 11) is 1.39. The molecule has 0 saturated carbocycles. The number of aromatic nitrogens is 2. The molecular formula is C25H20N4O7. The van der Waals surface area contributed by atoms with E-state index in [0.717, 1.165) is 4.90 Å². The first-order valence-electron chi connectivity index (χ1n) is 10.9. The summed E-state index contributed by atoms with van der Waals surface area (Å²) in [5.74, 6) is -0.948. The summed E-state index contributed by atoms with van der Waals surface area (Å²) in [5, 5.41) is 6.84. The summed E-state index contributed by atoms with van der Waals surface area (Å²) in [5.41, 5.74) is 2.61. The van der Waals surface area contributed by atoms with Crippen molar-refractivity contribution >= 4 is 40.5 Å². The van der Waals surface area contributed by atoms with Crippen LogP contribution in [0.3, 0.4) is 0 Å². The quantitative estimate of drug-likeness (QED) is 0.330. The van der Waals surface area contributed by atoms with Crippen LogP contribution in [-0.2, 0) is 9.53 Å². The number of carbonyl (C=O) groups is 4. The smallest absolute Gasteiger partial charge is 0.339 e. The molecular weight excluding hydrogens is 468 g/mol. The lowest BCUT2D eigenvalue weighted by molar-refractivity contribution is -0.119. The fraction of sp³-hybridized carbons (Fsp3) is 0.200. The molecule has 4 aromatic rings. The van der Waals surface area contributed by atoms with Crippen LogP contribution in [0, 0.1) is 20.8 Å². The highest BCUT2D eigenvalue weighted by Gasteiger charge is 2.32. The molecule has 0 radical (unpaired) electrons. The maximum atomic E-state index is 13.0. The molecule has 3 aromatic heterocycles. The lowest BCUT2D eigenvalue weighted by Gasteiger charge is -2.09. The van der Waals surface area contributed by atoms with Crippen molar-refractivity contribution in [3.63, 3.8) is 0 Å². The second-order valence-corrected chi connectivity index (χ2v) is 8.38. The Morgan fingerprint density at radius 3 is 2.50 bits per heavy atom. The first-order valence-corrected chi connectivity index (χ1v) is 10.9. The number of nitrogens with zero attached hydrogens (tertiary/aromatic N) is 3. The van der Waals surface area contributed by atoms with Crippen LogP contribution < -0.4 is 5.32 Å². The molecule has 11 heteroatoms. The number of aryl methyl sites for hydroxylation is 3. The molecule has 1 aliphatic rings. The van der Waals surface area contributed by atoms with E-state index in [-0.39, 0.29) is 22.4 Å². The highest BCUT2D eigenvalue weighted by molar-refractivity contribution is 6.21. The predicted octanol–water partition coefficient (Wildman–Crippen LogP) is 3.43. The zero-order valence-corrected chi connectivity index (χ0v) is 19.8. The van der Waals surface area contributed by atoms with Crippen LogP contribution >= 0.6 is 0 Å². The molecule has 0 bridgehead atoms. The number of esters is 1. The lowest BCUT2D eigenvalue weighted by atomic mass is 10.1. The second kappa shape index (κ2) is 8.45. The topological polar surface area (TPSA) is 145 Å². The second-order valence-electron chi connectivity index (χ2n) is 8.38. The van der Waals surface area contributed by atoms with Crippen molar-refractivity contribution in [2.24, 2.45) is 0 Å². The van der Waals surface area contributed by atoms with Gasteiger partial charge in [0.2, 0.25) is 0 Å². The number of anilines is 1. The van der Waals surface area contributed by atoms with Gasteiger partial charge in [0.25, 0.3) is 23.4 Å². The molecule has 182 valence electrons. The Kier molecular flexibility index (Phi) is 5.39. The number of ether oxygens (including phenoxy) is 1. The largest absolute Gasteiger partial charge is 0.466 e. The lowest BCUT2D eigenvalue weighted by Crippen LogP contribution is -2.24. The Morgan fingerprint density at radius 2 is 1.78 bits per heavy atom. The van der Waals surface area contributed by atoms with Gasteiger partial charge in [-0.2, -0.15) is 0 Å². The van der Waals surface area contributed by atoms with Crippen LogP contribution in [0.15, 0.2) is 39.3 Å². The van der Waals surface area contributed by atoms with Gasteiger partial charge in [0.15, 0.2) is 6.61 Å². The van der Waals surface area contributed by atoms with E-state index in [0.29, 0.717) is 39.5 Å². The van der Waals surface area contributed by atoms with Gasteiger partial charge in [-0.15, -0.1) is 0 Å². The van der Waals surface area contributed by atoms with Crippen LogP contribution in [0.1, 0.15) is 48.3 Å². The zero-order valence-electron chi connectivity index (χ0n) is 19.8. The Bertz CT molecular complexity index is 1600. The number of pyridine rings is 1. The molecule has 1 N–H and O–H groups in total. The van der Waals surface area contributed by atoms with E-state index in [2.05, 4.69) is 15.5 Å². The van der Waals surface area contributed by atoms with Crippen LogP contribution in [0.4, 0.5) is 5.69 Å². The molecule has 4 heterocycles. The molecule has 11 nitrogen and oxygen atoms in total. The highest BCUT2D eigenvalue weighted by Crippen LogP contribution is 2.31. The number of carbonyl (C=O) groups excluding carboxylic acids is 4. The van der Waals surface area contributed by atoms with Crippen molar-refractivity contribution in [1.29, 1.82) is 0 Å². The standard InChI is InChI=1S/C25H20N4O7/c1-11-7-16(13(3)35-11)19-9-18(21-12(2)28-36-22(21)27-19)25(33)34-10-20(30)26-14-5-6-15-17(8-14)24(32)29(4)23(15)31/h5-9H,10H2,1-4H3,(H,26,30). The minimum absolute atomic E-state index is 0.143. The van der Waals surface area contributed by atoms with E-state index in [1.807, 2.05) is 0 Å². The van der Waals surface area contributed by atoms with E-state index in [1.54, 1.807) is 32.9 Å². The summed E-state index contributed by atoms with van der Waals surface area (Å²) in [6.45, 7) is 4.66. The maximum absolute atomic E-state index is 13.0. The van der Waals surface area contributed by atoms with Crippen LogP contribution in [0.25, 0.3) is 22.4 Å². The number of benzene rings is 1. The SMILES string of the molecule is Cc1cc(-c2cc(C(=O)OCC(=O)Nc3ccc4c(c3)C(=O)N(C)C4=O)c3c(C)noc3n2)c(C)o1. The molecule has 5 rings (SSSR count). The number of amides is 3. The van der Waals surface area contributed by atoms with Crippen LogP contribution in [-0.4, -0.2) is 52.4 Å². The number of hydrogen-bond donors (Lipinski definition) is 1. The summed E-state index contributed by atoms with van der Waals surface area (Å²) in [6.07, 6.45) is 0. The van der Waals surface area contributed by atoms with E-state index >= 15 is 0 Å². The van der Waals surface area contributed by atoms with E-state index in [9.17, 15) is 19.2 Å². The Labute approximate surface area is 204 Å². The summed E-state index contributed by atoms with van der Waals surface area (Å²) in [4.78, 5) is 55.1. The minimum Gasteiger partial charge on any atom is -0.466 e. The predicted molar refractivity (Wildman–Crippen MR) is 125 cm³/mol. The van der Waals surface area contributed by atoms with E-state index in [1.165, 1.54) is 25.2 Å². The number of rotatable bonds is 5. The number of imide groups is 1. The van der Waals surface area contributed by atoms with Gasteiger partial charge in [0, 0.05) is 18.3 Å². The molecule has 1 aromatic carbocycles. The van der Waals surface area contributed by atoms with Gasteiger partial charge in [0.1, 0.15) is 11.5 Å². The zero-order chi connectivity index (χ0) is 25.7. The molecule has 0 fully saturated rings. The Hall–Kier alpha value is -4.80. The number of furan rings is 1. The monoisotopic (exact) mass is 488 g/mol. The van der Waals surface area contributed by atoms with Gasteiger partial charge in [-0.3, -0.25) is 19.3 Å². The molecule has 3 amide bonds. The fourth-order valence-electron chi connectivity index (χ4n) is 4.12. The fourth-order valence-corrected chi connectivity index (χ4v) is 4.12. The van der Waals surface area contributed by atoms with E-state index < -0.39 is 30.3 Å². The summed E-state index contributed by atoms with van der Waals surface area (Å²) < 4.78 is 16.1. The normalized spacial score (nSPS) is 12.8. The third-order valence-corrected chi connectivity index (χ3v) is 5.86. The van der Waals surface area contributed by atoms with Crippen molar-refractivity contribution in [2.45, 2.75) is 20.8 Å². The number of fused-ring (bicyclic) bond motifs is 2. The molecule has 0 spiro atoms. The van der Waals surface area contributed by atoms with Gasteiger partial charge in [0.05, 0.1) is 33.5 Å². The Balaban J connectivity index is 1.35. The van der Waals surface area contributed by atoms with Crippen molar-refractivity contribution in [3.05, 3.63) is 64.2 Å². The van der Waals surface area contributed by atoms with Crippen molar-refractivity contribution in [3.8, 4) is 11.3 Å². The van der Waals surface area contributed by atoms with Crippen LogP contribution in [0.5, 0.6) is 0 Å². The molecule has 0 unspecified atom stereocenters. The third-order valence-electron chi connectivity index (χ3n) is 5.86. The summed E-state index contributed by atoms with van der Waals surface area (Å²) in [6, 6.07) is 7.71. The van der Waals surface area contributed by atoms with Gasteiger partial charge >= 0.3 is 5.97 Å². The molecule has 1 aliphatic heterocycles. The number of nitrogens with one attached hydrogen (secondary N) is 1. The maximum Gasteiger partial charge on any atom is 0.339 e. The van der Waals surface area contributed by atoms with Crippen molar-refractivity contribution in [2.75, 3.05) is 19.0 Å². The minimum atomic E-state index is -0.765. The first-order chi connectivity index (χ1) is 17.1. The van der Waals surface area contributed by atoms with Gasteiger partial charge in [-0.1, -0.05) is 5.16 Å². The summed E-state index contributed by atoms with van der Waals surface area (Å²) >= 11 is 0. The van der Waals surface area contributed by atoms with E-state index in [4.69, 9.17) is 13.7 Å². The molecule has 0 aliphatic carbocycles. The van der Waals surface area contributed by atoms with Gasteiger partial charge in [-0.25, -0.2) is 9.78 Å². The van der Waals surface area contributed by atoms with Crippen LogP contribution in [0.2, 0.25) is 0 Å². The first kappa shape index (κ1) is 23.0. The molecule has 0 atom stereocenters. The van der Waals surface area contributed by atoms with Crippen molar-refractivity contribution in [1.82, 2.24) is 15.0 Å². The third kappa shape index (κ3) is 3.80. The average Bonchev–Trinajstić information content (AvgIpc) is 3.46. The van der Waals surface area contributed by atoms with Crippen molar-refractivity contribution < 1.29 is 32.9 Å². The van der Waals surface area contributed by atoms with Gasteiger partial charge in [-0.05, 0) is 51.1 Å². The molecule has 36 heavy (non-hydrogen) atoms. The highest BCUT2D eigenvalue weighted by atomic mass is 16.5. The Morgan fingerprint density at radius 1 is 1.03 bits per heavy atom. The number of hydrogen-bond acceptors (Lipinski definition) is 9.